The zero-order valence-electron chi connectivity index (χ0n) is 16.4. The van der Waals surface area contributed by atoms with Crippen LogP contribution in [-0.4, -0.2) is 38.6 Å². The van der Waals surface area contributed by atoms with E-state index in [1.807, 2.05) is 24.3 Å². The summed E-state index contributed by atoms with van der Waals surface area (Å²) in [6.45, 7) is 1.19. The van der Waals surface area contributed by atoms with Gasteiger partial charge in [-0.05, 0) is 35.9 Å². The van der Waals surface area contributed by atoms with Gasteiger partial charge in [-0.2, -0.15) is 13.2 Å². The Morgan fingerprint density at radius 1 is 1.17 bits per heavy atom. The molecule has 0 aromatic heterocycles. The van der Waals surface area contributed by atoms with Gasteiger partial charge in [0.05, 0.1) is 12.1 Å². The van der Waals surface area contributed by atoms with Gasteiger partial charge in [-0.1, -0.05) is 18.2 Å². The van der Waals surface area contributed by atoms with E-state index in [1.165, 1.54) is 12.1 Å². The number of carbonyl (C=O) groups excluding carboxylic acids is 1. The third kappa shape index (κ3) is 5.65. The van der Waals surface area contributed by atoms with Crippen molar-refractivity contribution in [3.05, 3.63) is 59.7 Å². The van der Waals surface area contributed by atoms with Crippen molar-refractivity contribution in [1.29, 1.82) is 0 Å². The van der Waals surface area contributed by atoms with E-state index < -0.39 is 11.7 Å². The number of aliphatic imine (C=N–C) groups is 1. The molecule has 0 bridgehead atoms. The normalized spacial score (nSPS) is 16.5. The molecule has 0 spiro atoms. The first-order valence-corrected chi connectivity index (χ1v) is 9.50. The Morgan fingerprint density at radius 2 is 1.90 bits per heavy atom. The van der Waals surface area contributed by atoms with Crippen LogP contribution in [0.1, 0.15) is 23.5 Å². The lowest BCUT2D eigenvalue weighted by Crippen LogP contribution is -2.42. The molecule has 9 heteroatoms. The van der Waals surface area contributed by atoms with Gasteiger partial charge in [0, 0.05) is 31.6 Å². The number of alkyl halides is 3. The van der Waals surface area contributed by atoms with E-state index in [0.717, 1.165) is 23.4 Å². The van der Waals surface area contributed by atoms with Crippen molar-refractivity contribution >= 4 is 17.6 Å². The highest BCUT2D eigenvalue weighted by atomic mass is 19.4. The summed E-state index contributed by atoms with van der Waals surface area (Å²) < 4.78 is 43.2. The van der Waals surface area contributed by atoms with Gasteiger partial charge in [0.2, 0.25) is 5.91 Å². The van der Waals surface area contributed by atoms with Crippen LogP contribution in [0, 0.1) is 0 Å². The summed E-state index contributed by atoms with van der Waals surface area (Å²) in [4.78, 5) is 16.1. The van der Waals surface area contributed by atoms with Gasteiger partial charge in [0.25, 0.3) is 0 Å². The van der Waals surface area contributed by atoms with E-state index in [0.29, 0.717) is 31.2 Å². The Kier molecular flexibility index (Phi) is 6.81. The minimum Gasteiger partial charge on any atom is -0.492 e. The molecule has 3 N–H and O–H groups in total. The molecule has 0 fully saturated rings. The summed E-state index contributed by atoms with van der Waals surface area (Å²) in [5, 5.41) is 9.15. The molecule has 0 saturated heterocycles. The fourth-order valence-corrected chi connectivity index (χ4v) is 3.20. The Morgan fingerprint density at radius 3 is 2.60 bits per heavy atom. The van der Waals surface area contributed by atoms with Crippen molar-refractivity contribution in [2.75, 3.05) is 32.1 Å². The van der Waals surface area contributed by atoms with Crippen LogP contribution in [0.2, 0.25) is 0 Å². The number of carbonyl (C=O) groups is 1. The van der Waals surface area contributed by atoms with Crippen molar-refractivity contribution in [1.82, 2.24) is 10.6 Å². The maximum absolute atomic E-state index is 12.6. The summed E-state index contributed by atoms with van der Waals surface area (Å²) >= 11 is 0. The first-order chi connectivity index (χ1) is 14.4. The summed E-state index contributed by atoms with van der Waals surface area (Å²) in [6, 6.07) is 12.3. The van der Waals surface area contributed by atoms with Gasteiger partial charge in [0.1, 0.15) is 12.4 Å². The number of hydrogen-bond donors (Lipinski definition) is 3. The van der Waals surface area contributed by atoms with Crippen molar-refractivity contribution < 1.29 is 22.7 Å². The lowest BCUT2D eigenvalue weighted by molar-refractivity contribution is -0.137. The second-order valence-electron chi connectivity index (χ2n) is 6.79. The molecule has 2 aromatic rings. The third-order valence-corrected chi connectivity index (χ3v) is 4.69. The monoisotopic (exact) mass is 420 g/mol. The van der Waals surface area contributed by atoms with E-state index in [-0.39, 0.29) is 18.4 Å². The fraction of sp³-hybridized carbons (Fsp3) is 0.333. The minimum atomic E-state index is -4.36. The molecule has 0 radical (unpaired) electrons. The van der Waals surface area contributed by atoms with Gasteiger partial charge < -0.3 is 20.7 Å². The molecule has 160 valence electrons. The molecule has 0 aliphatic carbocycles. The Labute approximate surface area is 172 Å². The fourth-order valence-electron chi connectivity index (χ4n) is 3.20. The molecule has 6 nitrogen and oxygen atoms in total. The number of nitrogens with one attached hydrogen (secondary N) is 3. The van der Waals surface area contributed by atoms with Gasteiger partial charge in [-0.15, -0.1) is 0 Å². The predicted octanol–water partition coefficient (Wildman–Crippen LogP) is 3.38. The highest BCUT2D eigenvalue weighted by molar-refractivity contribution is 5.94. The topological polar surface area (TPSA) is 74.8 Å². The van der Waals surface area contributed by atoms with Crippen LogP contribution in [0.5, 0.6) is 5.75 Å². The number of nitrogens with zero attached hydrogens (tertiary/aromatic N) is 1. The molecular formula is C21H23F3N4O2. The predicted molar refractivity (Wildman–Crippen MR) is 109 cm³/mol. The molecule has 1 aliphatic rings. The van der Waals surface area contributed by atoms with Gasteiger partial charge in [-0.3, -0.25) is 9.79 Å². The highest BCUT2D eigenvalue weighted by Gasteiger charge is 2.30. The van der Waals surface area contributed by atoms with E-state index in [2.05, 4.69) is 20.9 Å². The van der Waals surface area contributed by atoms with Gasteiger partial charge in [0.15, 0.2) is 5.96 Å². The lowest BCUT2D eigenvalue weighted by atomic mass is 9.90. The van der Waals surface area contributed by atoms with Crippen molar-refractivity contribution in [2.24, 2.45) is 4.99 Å². The number of rotatable bonds is 6. The number of amides is 1. The Hall–Kier alpha value is -3.23. The molecule has 1 heterocycles. The number of fused-ring (bicyclic) bond motifs is 1. The van der Waals surface area contributed by atoms with Gasteiger partial charge in [-0.25, -0.2) is 0 Å². The maximum Gasteiger partial charge on any atom is 0.416 e. The summed E-state index contributed by atoms with van der Waals surface area (Å²) in [5.74, 6) is 0.914. The first-order valence-electron chi connectivity index (χ1n) is 9.50. The Bertz CT molecular complexity index is 898. The number of guanidine groups is 1. The summed E-state index contributed by atoms with van der Waals surface area (Å²) in [5.41, 5.74) is 1.19. The average Bonchev–Trinajstić information content (AvgIpc) is 2.72. The number of hydrogen-bond acceptors (Lipinski definition) is 3. The summed E-state index contributed by atoms with van der Waals surface area (Å²) in [7, 11) is 1.63. The van der Waals surface area contributed by atoms with E-state index >= 15 is 0 Å². The molecule has 30 heavy (non-hydrogen) atoms. The van der Waals surface area contributed by atoms with E-state index in [9.17, 15) is 18.0 Å². The number of halogens is 3. The van der Waals surface area contributed by atoms with Gasteiger partial charge >= 0.3 is 6.18 Å². The van der Waals surface area contributed by atoms with Crippen LogP contribution < -0.4 is 20.7 Å². The number of benzene rings is 2. The summed E-state index contributed by atoms with van der Waals surface area (Å²) in [6.07, 6.45) is -3.98. The second kappa shape index (κ2) is 9.51. The molecule has 3 rings (SSSR count). The molecule has 0 saturated carbocycles. The first kappa shape index (κ1) is 21.5. The zero-order chi connectivity index (χ0) is 21.6. The zero-order valence-corrected chi connectivity index (χ0v) is 16.4. The molecule has 1 unspecified atom stereocenters. The van der Waals surface area contributed by atoms with Crippen LogP contribution in [0.25, 0.3) is 0 Å². The minimum absolute atomic E-state index is 0.0200. The standard InChI is InChI=1S/C21H23F3N4O2/c1-25-20(26-10-11-30-16-8-6-15(7-9-16)21(22,23)24)27-13-14-12-19(29)28-18-5-3-2-4-17(14)18/h2-9,14H,10-13H2,1H3,(H,28,29)(H2,25,26,27). The molecule has 2 aromatic carbocycles. The lowest BCUT2D eigenvalue weighted by Gasteiger charge is -2.26. The third-order valence-electron chi connectivity index (χ3n) is 4.69. The van der Waals surface area contributed by atoms with E-state index in [1.54, 1.807) is 7.05 Å². The van der Waals surface area contributed by atoms with Crippen molar-refractivity contribution in [3.63, 3.8) is 0 Å². The SMILES string of the molecule is CN=C(NCCOc1ccc(C(F)(F)F)cc1)NCC1CC(=O)Nc2ccccc21. The average molecular weight is 420 g/mol. The second-order valence-corrected chi connectivity index (χ2v) is 6.79. The quantitative estimate of drug-likeness (QED) is 0.381. The van der Waals surface area contributed by atoms with Crippen LogP contribution >= 0.6 is 0 Å². The molecule has 1 amide bonds. The number of anilines is 1. The molecular weight excluding hydrogens is 397 g/mol. The van der Waals surface area contributed by atoms with Crippen LogP contribution in [0.4, 0.5) is 18.9 Å². The highest BCUT2D eigenvalue weighted by Crippen LogP contribution is 2.31. The van der Waals surface area contributed by atoms with Crippen molar-refractivity contribution in [2.45, 2.75) is 18.5 Å². The van der Waals surface area contributed by atoms with Crippen LogP contribution in [0.3, 0.4) is 0 Å². The number of para-hydroxylation sites is 1. The van der Waals surface area contributed by atoms with Crippen LogP contribution in [-0.2, 0) is 11.0 Å². The largest absolute Gasteiger partial charge is 0.492 e. The number of ether oxygens (including phenoxy) is 1. The molecule has 1 atom stereocenters. The maximum atomic E-state index is 12.6. The van der Waals surface area contributed by atoms with E-state index in [4.69, 9.17) is 4.74 Å². The molecule has 1 aliphatic heterocycles. The Balaban J connectivity index is 1.44. The smallest absolute Gasteiger partial charge is 0.416 e. The van der Waals surface area contributed by atoms with Crippen molar-refractivity contribution in [3.8, 4) is 5.75 Å². The van der Waals surface area contributed by atoms with Crippen LogP contribution in [0.15, 0.2) is 53.5 Å².